The summed E-state index contributed by atoms with van der Waals surface area (Å²) < 4.78 is 27.2. The van der Waals surface area contributed by atoms with Gasteiger partial charge in [-0.3, -0.25) is 4.79 Å². The zero-order chi connectivity index (χ0) is 21.7. The molecule has 7 heteroatoms. The van der Waals surface area contributed by atoms with Crippen molar-refractivity contribution < 1.29 is 33.6 Å². The lowest BCUT2D eigenvalue weighted by atomic mass is 9.90. The smallest absolute Gasteiger partial charge is 0.302 e. The number of methoxy groups -OCH3 is 3. The van der Waals surface area contributed by atoms with Crippen LogP contribution in [0.3, 0.4) is 0 Å². The average Bonchev–Trinajstić information content (AvgIpc) is 3.11. The summed E-state index contributed by atoms with van der Waals surface area (Å²) in [6.07, 6.45) is 3.24. The number of carbonyl (C=O) groups excluding carboxylic acids is 1. The van der Waals surface area contributed by atoms with Gasteiger partial charge in [0.15, 0.2) is 23.0 Å². The summed E-state index contributed by atoms with van der Waals surface area (Å²) in [4.78, 5) is 11.5. The van der Waals surface area contributed by atoms with E-state index in [4.69, 9.17) is 23.7 Å². The maximum absolute atomic E-state index is 11.5. The average molecular weight is 414 g/mol. The number of fused-ring (bicyclic) bond motifs is 1. The minimum atomic E-state index is -0.469. The number of benzene rings is 2. The molecule has 0 aliphatic carbocycles. The van der Waals surface area contributed by atoms with E-state index >= 15 is 0 Å². The minimum absolute atomic E-state index is 0.0281. The predicted octanol–water partition coefficient (Wildman–Crippen LogP) is 3.85. The van der Waals surface area contributed by atoms with Gasteiger partial charge in [-0.05, 0) is 35.4 Å². The maximum atomic E-state index is 11.5. The molecule has 30 heavy (non-hydrogen) atoms. The summed E-state index contributed by atoms with van der Waals surface area (Å²) in [5.41, 5.74) is 2.39. The van der Waals surface area contributed by atoms with E-state index in [1.165, 1.54) is 6.92 Å². The first kappa shape index (κ1) is 21.5. The lowest BCUT2D eigenvalue weighted by Crippen LogP contribution is -2.17. The van der Waals surface area contributed by atoms with Crippen LogP contribution in [0.2, 0.25) is 0 Å². The topological polar surface area (TPSA) is 83.5 Å². The van der Waals surface area contributed by atoms with Gasteiger partial charge >= 0.3 is 5.97 Å². The van der Waals surface area contributed by atoms with Gasteiger partial charge in [0.05, 0.1) is 26.7 Å². The van der Waals surface area contributed by atoms with E-state index in [9.17, 15) is 9.90 Å². The highest BCUT2D eigenvalue weighted by Crippen LogP contribution is 2.51. The van der Waals surface area contributed by atoms with E-state index in [1.54, 1.807) is 33.5 Å². The van der Waals surface area contributed by atoms with Gasteiger partial charge in [0.1, 0.15) is 12.7 Å². The van der Waals surface area contributed by atoms with Crippen LogP contribution in [0.25, 0.3) is 6.08 Å². The van der Waals surface area contributed by atoms with E-state index in [2.05, 4.69) is 0 Å². The number of aromatic hydroxyl groups is 1. The molecule has 0 saturated heterocycles. The molecular formula is C23H26O7. The fourth-order valence-electron chi connectivity index (χ4n) is 3.53. The SMILES string of the molecule is COCC=Cc1cc(O)c2c(c1)C(COC(C)=O)C(c1ccc(OC)c(OC)c1)O2. The van der Waals surface area contributed by atoms with E-state index in [0.717, 1.165) is 16.7 Å². The largest absolute Gasteiger partial charge is 0.504 e. The van der Waals surface area contributed by atoms with E-state index in [-0.39, 0.29) is 24.2 Å². The molecule has 2 atom stereocenters. The number of carbonyl (C=O) groups is 1. The number of phenols is 1. The third-order valence-corrected chi connectivity index (χ3v) is 4.91. The number of phenolic OH excluding ortho intramolecular Hbond substituents is 1. The second-order valence-corrected chi connectivity index (χ2v) is 6.88. The molecule has 0 bridgehead atoms. The second-order valence-electron chi connectivity index (χ2n) is 6.88. The van der Waals surface area contributed by atoms with Crippen molar-refractivity contribution in [3.8, 4) is 23.0 Å². The zero-order valence-electron chi connectivity index (χ0n) is 17.5. The molecule has 7 nitrogen and oxygen atoms in total. The molecule has 0 amide bonds. The van der Waals surface area contributed by atoms with Crippen LogP contribution in [0.5, 0.6) is 23.0 Å². The van der Waals surface area contributed by atoms with Crippen LogP contribution < -0.4 is 14.2 Å². The van der Waals surface area contributed by atoms with Crippen LogP contribution in [0.4, 0.5) is 0 Å². The fraction of sp³-hybridized carbons (Fsp3) is 0.348. The Hall–Kier alpha value is -3.19. The summed E-state index contributed by atoms with van der Waals surface area (Å²) in [5.74, 6) is 0.893. The van der Waals surface area contributed by atoms with E-state index < -0.39 is 6.10 Å². The molecule has 1 aliphatic rings. The minimum Gasteiger partial charge on any atom is -0.504 e. The summed E-state index contributed by atoms with van der Waals surface area (Å²) in [6.45, 7) is 1.94. The molecule has 2 aromatic carbocycles. The number of esters is 1. The Kier molecular flexibility index (Phi) is 6.84. The molecule has 2 unspecified atom stereocenters. The number of hydrogen-bond acceptors (Lipinski definition) is 7. The van der Waals surface area contributed by atoms with Crippen molar-refractivity contribution in [3.05, 3.63) is 53.1 Å². The van der Waals surface area contributed by atoms with Gasteiger partial charge in [0.2, 0.25) is 0 Å². The Morgan fingerprint density at radius 1 is 1.13 bits per heavy atom. The van der Waals surface area contributed by atoms with Crippen LogP contribution in [0.1, 0.15) is 35.6 Å². The quantitative estimate of drug-likeness (QED) is 0.657. The molecule has 0 saturated carbocycles. The van der Waals surface area contributed by atoms with Crippen LogP contribution in [-0.4, -0.2) is 45.6 Å². The van der Waals surface area contributed by atoms with Gasteiger partial charge in [-0.1, -0.05) is 18.2 Å². The Labute approximate surface area is 175 Å². The van der Waals surface area contributed by atoms with Crippen molar-refractivity contribution in [2.45, 2.75) is 18.9 Å². The Morgan fingerprint density at radius 2 is 1.90 bits per heavy atom. The predicted molar refractivity (Wildman–Crippen MR) is 111 cm³/mol. The van der Waals surface area contributed by atoms with Crippen molar-refractivity contribution in [3.63, 3.8) is 0 Å². The first-order valence-corrected chi connectivity index (χ1v) is 9.52. The summed E-state index contributed by atoms with van der Waals surface area (Å²) in [5, 5.41) is 10.6. The van der Waals surface area contributed by atoms with Crippen LogP contribution in [-0.2, 0) is 14.3 Å². The summed E-state index contributed by atoms with van der Waals surface area (Å²) in [7, 11) is 4.74. The molecule has 1 N–H and O–H groups in total. The van der Waals surface area contributed by atoms with Gasteiger partial charge in [-0.25, -0.2) is 0 Å². The number of hydrogen-bond donors (Lipinski definition) is 1. The van der Waals surface area contributed by atoms with Crippen molar-refractivity contribution in [1.29, 1.82) is 0 Å². The van der Waals surface area contributed by atoms with Crippen LogP contribution >= 0.6 is 0 Å². The normalized spacial score (nSPS) is 17.5. The van der Waals surface area contributed by atoms with Crippen molar-refractivity contribution >= 4 is 12.0 Å². The third-order valence-electron chi connectivity index (χ3n) is 4.91. The van der Waals surface area contributed by atoms with E-state index in [0.29, 0.717) is 23.9 Å². The van der Waals surface area contributed by atoms with Gasteiger partial charge in [0, 0.05) is 19.6 Å². The third kappa shape index (κ3) is 4.52. The molecule has 2 aromatic rings. The van der Waals surface area contributed by atoms with Gasteiger partial charge in [-0.15, -0.1) is 0 Å². The molecule has 3 rings (SSSR count). The van der Waals surface area contributed by atoms with Crippen LogP contribution in [0, 0.1) is 0 Å². The highest BCUT2D eigenvalue weighted by Gasteiger charge is 2.38. The molecule has 0 radical (unpaired) electrons. The first-order valence-electron chi connectivity index (χ1n) is 9.52. The molecule has 0 aromatic heterocycles. The highest BCUT2D eigenvalue weighted by atomic mass is 16.5. The molecular weight excluding hydrogens is 388 g/mol. The fourth-order valence-corrected chi connectivity index (χ4v) is 3.53. The monoisotopic (exact) mass is 414 g/mol. The standard InChI is InChI=1S/C23H26O7/c1-14(24)29-13-18-17-10-15(6-5-9-26-2)11-19(25)23(17)30-22(18)16-7-8-20(27-3)21(12-16)28-4/h5-8,10-12,18,22,25H,9,13H2,1-4H3. The molecule has 160 valence electrons. The van der Waals surface area contributed by atoms with E-state index in [1.807, 2.05) is 30.4 Å². The van der Waals surface area contributed by atoms with Crippen LogP contribution in [0.15, 0.2) is 36.4 Å². The summed E-state index contributed by atoms with van der Waals surface area (Å²) in [6, 6.07) is 9.05. The zero-order valence-corrected chi connectivity index (χ0v) is 17.5. The van der Waals surface area contributed by atoms with Crippen molar-refractivity contribution in [1.82, 2.24) is 0 Å². The Bertz CT molecular complexity index is 935. The Morgan fingerprint density at radius 3 is 2.57 bits per heavy atom. The molecule has 0 spiro atoms. The lowest BCUT2D eigenvalue weighted by Gasteiger charge is -2.20. The molecule has 1 aliphatic heterocycles. The second kappa shape index (κ2) is 9.54. The van der Waals surface area contributed by atoms with Gasteiger partial charge in [0.25, 0.3) is 0 Å². The summed E-state index contributed by atoms with van der Waals surface area (Å²) >= 11 is 0. The Balaban J connectivity index is 2.01. The maximum Gasteiger partial charge on any atom is 0.302 e. The van der Waals surface area contributed by atoms with Crippen molar-refractivity contribution in [2.24, 2.45) is 0 Å². The van der Waals surface area contributed by atoms with Gasteiger partial charge in [-0.2, -0.15) is 0 Å². The first-order chi connectivity index (χ1) is 14.5. The molecule has 0 fully saturated rings. The number of rotatable bonds is 8. The highest BCUT2D eigenvalue weighted by molar-refractivity contribution is 5.66. The number of ether oxygens (including phenoxy) is 5. The molecule has 1 heterocycles. The van der Waals surface area contributed by atoms with Gasteiger partial charge < -0.3 is 28.8 Å². The van der Waals surface area contributed by atoms with Crippen molar-refractivity contribution in [2.75, 3.05) is 34.5 Å². The lowest BCUT2D eigenvalue weighted by molar-refractivity contribution is -0.141.